The zero-order valence-corrected chi connectivity index (χ0v) is 15.7. The molecule has 0 atom stereocenters. The molecule has 132 valence electrons. The van der Waals surface area contributed by atoms with Crippen LogP contribution < -0.4 is 5.32 Å². The molecule has 0 unspecified atom stereocenters. The molecule has 0 amide bonds. The van der Waals surface area contributed by atoms with Crippen molar-refractivity contribution in [3.8, 4) is 6.07 Å². The zero-order valence-electron chi connectivity index (χ0n) is 14.2. The summed E-state index contributed by atoms with van der Waals surface area (Å²) in [5, 5.41) is 24.2. The van der Waals surface area contributed by atoms with Crippen molar-refractivity contribution in [2.24, 2.45) is 0 Å². The molecular formula is C20H17Cl2N3O. The molecule has 1 heterocycles. The maximum absolute atomic E-state index is 9.73. The Balaban J connectivity index is 2.11. The molecule has 1 aromatic heterocycles. The Morgan fingerprint density at radius 2 is 2.00 bits per heavy atom. The van der Waals surface area contributed by atoms with Gasteiger partial charge in [-0.3, -0.25) is 4.98 Å². The predicted octanol–water partition coefficient (Wildman–Crippen LogP) is 5.08. The van der Waals surface area contributed by atoms with Crippen LogP contribution in [0.4, 0.5) is 5.69 Å². The molecule has 0 fully saturated rings. The number of anilines is 1. The van der Waals surface area contributed by atoms with Crippen molar-refractivity contribution in [3.05, 3.63) is 68.8 Å². The van der Waals surface area contributed by atoms with Crippen molar-refractivity contribution in [2.75, 3.05) is 5.32 Å². The SMILES string of the molecule is CCc1cc(C#N)cc2c(NCc3cccc(Cl)c3Cl)c(CO)cnc12. The molecule has 0 aliphatic heterocycles. The summed E-state index contributed by atoms with van der Waals surface area (Å²) in [6, 6.07) is 11.3. The minimum atomic E-state index is -0.160. The molecule has 0 saturated carbocycles. The van der Waals surface area contributed by atoms with Crippen LogP contribution in [0.5, 0.6) is 0 Å². The van der Waals surface area contributed by atoms with Gasteiger partial charge in [0.25, 0.3) is 0 Å². The predicted molar refractivity (Wildman–Crippen MR) is 106 cm³/mol. The minimum absolute atomic E-state index is 0.160. The molecule has 2 aromatic carbocycles. The van der Waals surface area contributed by atoms with Gasteiger partial charge in [-0.15, -0.1) is 0 Å². The summed E-state index contributed by atoms with van der Waals surface area (Å²) in [5.74, 6) is 0. The van der Waals surface area contributed by atoms with Crippen LogP contribution in [0.15, 0.2) is 36.5 Å². The molecule has 4 nitrogen and oxygen atoms in total. The molecule has 0 saturated heterocycles. The molecule has 3 aromatic rings. The summed E-state index contributed by atoms with van der Waals surface area (Å²) in [4.78, 5) is 4.49. The summed E-state index contributed by atoms with van der Waals surface area (Å²) < 4.78 is 0. The number of aliphatic hydroxyl groups is 1. The van der Waals surface area contributed by atoms with Gasteiger partial charge < -0.3 is 10.4 Å². The third-order valence-electron chi connectivity index (χ3n) is 4.30. The Morgan fingerprint density at radius 1 is 1.19 bits per heavy atom. The van der Waals surface area contributed by atoms with Crippen LogP contribution in [0.3, 0.4) is 0 Å². The summed E-state index contributed by atoms with van der Waals surface area (Å²) in [6.45, 7) is 2.30. The molecule has 6 heteroatoms. The van der Waals surface area contributed by atoms with Crippen LogP contribution in [0.25, 0.3) is 10.9 Å². The maximum atomic E-state index is 9.73. The summed E-state index contributed by atoms with van der Waals surface area (Å²) >= 11 is 12.4. The van der Waals surface area contributed by atoms with Crippen LogP contribution in [0.1, 0.15) is 29.2 Å². The Bertz CT molecular complexity index is 1010. The van der Waals surface area contributed by atoms with Crippen LogP contribution in [-0.4, -0.2) is 10.1 Å². The number of nitriles is 1. The van der Waals surface area contributed by atoms with Gasteiger partial charge in [0, 0.05) is 23.7 Å². The first kappa shape index (κ1) is 18.5. The molecule has 26 heavy (non-hydrogen) atoms. The molecular weight excluding hydrogens is 369 g/mol. The van der Waals surface area contributed by atoms with Crippen LogP contribution in [-0.2, 0) is 19.6 Å². The van der Waals surface area contributed by atoms with E-state index < -0.39 is 0 Å². The van der Waals surface area contributed by atoms with Crippen LogP contribution in [0.2, 0.25) is 10.0 Å². The lowest BCUT2D eigenvalue weighted by atomic mass is 10.0. The first-order valence-corrected chi connectivity index (χ1v) is 8.96. The van der Waals surface area contributed by atoms with E-state index in [4.69, 9.17) is 23.2 Å². The second-order valence-corrected chi connectivity index (χ2v) is 6.67. The Labute approximate surface area is 162 Å². The zero-order chi connectivity index (χ0) is 18.7. The van der Waals surface area contributed by atoms with Crippen molar-refractivity contribution < 1.29 is 5.11 Å². The van der Waals surface area contributed by atoms with Gasteiger partial charge in [-0.2, -0.15) is 5.26 Å². The van der Waals surface area contributed by atoms with E-state index >= 15 is 0 Å². The number of hydrogen-bond donors (Lipinski definition) is 2. The van der Waals surface area contributed by atoms with Crippen molar-refractivity contribution in [2.45, 2.75) is 26.5 Å². The summed E-state index contributed by atoms with van der Waals surface area (Å²) in [6.07, 6.45) is 2.42. The smallest absolute Gasteiger partial charge is 0.0991 e. The third kappa shape index (κ3) is 3.47. The van der Waals surface area contributed by atoms with Gasteiger partial charge in [0.15, 0.2) is 0 Å². The van der Waals surface area contributed by atoms with Gasteiger partial charge in [-0.1, -0.05) is 42.3 Å². The number of nitrogens with zero attached hydrogens (tertiary/aromatic N) is 2. The molecule has 0 aliphatic rings. The number of pyridine rings is 1. The number of aliphatic hydroxyl groups excluding tert-OH is 1. The standard InChI is InChI=1S/C20H17Cl2N3O/c1-2-13-6-12(8-23)7-16-19(13)25-10-15(11-26)20(16)24-9-14-4-3-5-17(21)18(14)22/h3-7,10,26H,2,9,11H2,1H3,(H,24,25). The lowest BCUT2D eigenvalue weighted by Gasteiger charge is -2.16. The maximum Gasteiger partial charge on any atom is 0.0991 e. The second kappa shape index (κ2) is 7.92. The minimum Gasteiger partial charge on any atom is -0.392 e. The Morgan fingerprint density at radius 3 is 2.69 bits per heavy atom. The number of rotatable bonds is 5. The fourth-order valence-corrected chi connectivity index (χ4v) is 3.34. The highest BCUT2D eigenvalue weighted by atomic mass is 35.5. The largest absolute Gasteiger partial charge is 0.392 e. The number of benzene rings is 2. The number of aryl methyl sites for hydroxylation is 1. The number of halogens is 2. The highest BCUT2D eigenvalue weighted by molar-refractivity contribution is 6.42. The quantitative estimate of drug-likeness (QED) is 0.642. The van der Waals surface area contributed by atoms with Crippen LogP contribution >= 0.6 is 23.2 Å². The first-order valence-electron chi connectivity index (χ1n) is 8.21. The van der Waals surface area contributed by atoms with E-state index in [-0.39, 0.29) is 6.61 Å². The molecule has 0 radical (unpaired) electrons. The molecule has 0 spiro atoms. The number of hydrogen-bond acceptors (Lipinski definition) is 4. The third-order valence-corrected chi connectivity index (χ3v) is 5.15. The topological polar surface area (TPSA) is 68.9 Å². The van der Waals surface area contributed by atoms with E-state index in [0.717, 1.165) is 34.1 Å². The fraction of sp³-hybridized carbons (Fsp3) is 0.200. The fourth-order valence-electron chi connectivity index (χ4n) is 2.95. The average Bonchev–Trinajstić information content (AvgIpc) is 2.67. The van der Waals surface area contributed by atoms with Gasteiger partial charge in [0.2, 0.25) is 0 Å². The molecule has 0 bridgehead atoms. The van der Waals surface area contributed by atoms with E-state index in [2.05, 4.69) is 16.4 Å². The molecule has 3 rings (SSSR count). The van der Waals surface area contributed by atoms with Crippen molar-refractivity contribution in [1.29, 1.82) is 5.26 Å². The van der Waals surface area contributed by atoms with Crippen LogP contribution in [0, 0.1) is 11.3 Å². The monoisotopic (exact) mass is 385 g/mol. The van der Waals surface area contributed by atoms with E-state index in [9.17, 15) is 10.4 Å². The van der Waals surface area contributed by atoms with Crippen molar-refractivity contribution in [1.82, 2.24) is 4.98 Å². The van der Waals surface area contributed by atoms with E-state index in [0.29, 0.717) is 27.7 Å². The number of nitrogens with one attached hydrogen (secondary N) is 1. The highest BCUT2D eigenvalue weighted by Crippen LogP contribution is 2.32. The van der Waals surface area contributed by atoms with Gasteiger partial charge in [0.1, 0.15) is 0 Å². The Hall–Kier alpha value is -2.32. The van der Waals surface area contributed by atoms with Gasteiger partial charge >= 0.3 is 0 Å². The Kier molecular flexibility index (Phi) is 5.63. The number of aromatic nitrogens is 1. The normalized spacial score (nSPS) is 10.7. The van der Waals surface area contributed by atoms with Crippen molar-refractivity contribution >= 4 is 39.8 Å². The van der Waals surface area contributed by atoms with E-state index in [1.165, 1.54) is 0 Å². The number of fused-ring (bicyclic) bond motifs is 1. The van der Waals surface area contributed by atoms with Crippen molar-refractivity contribution in [3.63, 3.8) is 0 Å². The van der Waals surface area contributed by atoms with E-state index in [1.807, 2.05) is 25.1 Å². The summed E-state index contributed by atoms with van der Waals surface area (Å²) in [7, 11) is 0. The van der Waals surface area contributed by atoms with Gasteiger partial charge in [0.05, 0.1) is 39.5 Å². The molecule has 0 aliphatic carbocycles. The van der Waals surface area contributed by atoms with Gasteiger partial charge in [-0.25, -0.2) is 0 Å². The lowest BCUT2D eigenvalue weighted by Crippen LogP contribution is -2.06. The lowest BCUT2D eigenvalue weighted by molar-refractivity contribution is 0.282. The van der Waals surface area contributed by atoms with E-state index in [1.54, 1.807) is 18.3 Å². The van der Waals surface area contributed by atoms with Gasteiger partial charge in [-0.05, 0) is 35.7 Å². The highest BCUT2D eigenvalue weighted by Gasteiger charge is 2.13. The second-order valence-electron chi connectivity index (χ2n) is 5.88. The average molecular weight is 386 g/mol. The molecule has 2 N–H and O–H groups in total. The first-order chi connectivity index (χ1) is 12.6. The summed E-state index contributed by atoms with van der Waals surface area (Å²) in [5.41, 5.74) is 4.64.